The van der Waals surface area contributed by atoms with E-state index in [0.717, 1.165) is 12.0 Å². The second kappa shape index (κ2) is 6.87. The second-order valence-electron chi connectivity index (χ2n) is 6.00. The predicted molar refractivity (Wildman–Crippen MR) is 90.7 cm³/mol. The van der Waals surface area contributed by atoms with Gasteiger partial charge in [-0.25, -0.2) is 8.78 Å². The van der Waals surface area contributed by atoms with E-state index in [0.29, 0.717) is 12.0 Å². The number of pyridine rings is 2. The second-order valence-corrected chi connectivity index (χ2v) is 6.00. The molecule has 1 aromatic carbocycles. The summed E-state index contributed by atoms with van der Waals surface area (Å²) in [7, 11) is 0. The van der Waals surface area contributed by atoms with Crippen molar-refractivity contribution in [1.29, 1.82) is 0 Å². The number of aromatic nitrogens is 2. The van der Waals surface area contributed by atoms with Gasteiger partial charge in [-0.15, -0.1) is 0 Å². The number of halogens is 2. The normalized spacial score (nSPS) is 10.8. The molecule has 2 nitrogen and oxygen atoms in total. The number of benzene rings is 1. The Morgan fingerprint density at radius 1 is 0.708 bits per heavy atom. The predicted octanol–water partition coefficient (Wildman–Crippen LogP) is 4.82. The van der Waals surface area contributed by atoms with Crippen molar-refractivity contribution in [2.45, 2.75) is 26.7 Å². The third kappa shape index (κ3) is 3.65. The van der Waals surface area contributed by atoms with E-state index in [1.807, 2.05) is 6.92 Å². The van der Waals surface area contributed by atoms with E-state index in [1.165, 1.54) is 29.5 Å². The zero-order valence-electron chi connectivity index (χ0n) is 13.7. The summed E-state index contributed by atoms with van der Waals surface area (Å²) in [5.74, 6) is -1.11. The molecule has 0 aliphatic heterocycles. The summed E-state index contributed by atoms with van der Waals surface area (Å²) in [6.45, 7) is 3.78. The highest BCUT2D eigenvalue weighted by molar-refractivity contribution is 5.56. The van der Waals surface area contributed by atoms with Crippen LogP contribution < -0.4 is 0 Å². The summed E-state index contributed by atoms with van der Waals surface area (Å²) in [5, 5.41) is 0. The molecule has 2 aromatic heterocycles. The minimum atomic E-state index is -0.561. The summed E-state index contributed by atoms with van der Waals surface area (Å²) >= 11 is 0. The van der Waals surface area contributed by atoms with Crippen LogP contribution in [0.5, 0.6) is 0 Å². The molecule has 0 N–H and O–H groups in total. The van der Waals surface area contributed by atoms with E-state index in [4.69, 9.17) is 0 Å². The van der Waals surface area contributed by atoms with E-state index < -0.39 is 11.6 Å². The van der Waals surface area contributed by atoms with Crippen LogP contribution in [0.25, 0.3) is 11.4 Å². The van der Waals surface area contributed by atoms with Crippen LogP contribution in [-0.2, 0) is 12.8 Å². The lowest BCUT2D eigenvalue weighted by Gasteiger charge is -2.07. The van der Waals surface area contributed by atoms with Crippen molar-refractivity contribution >= 4 is 0 Å². The van der Waals surface area contributed by atoms with Gasteiger partial charge in [-0.3, -0.25) is 9.97 Å². The van der Waals surface area contributed by atoms with Crippen molar-refractivity contribution in [2.75, 3.05) is 0 Å². The Bertz CT molecular complexity index is 858. The maximum atomic E-state index is 14.3. The molecule has 0 saturated heterocycles. The van der Waals surface area contributed by atoms with Gasteiger partial charge in [-0.1, -0.05) is 29.8 Å². The van der Waals surface area contributed by atoms with Gasteiger partial charge in [0, 0.05) is 12.4 Å². The molecule has 0 radical (unpaired) electrons. The van der Waals surface area contributed by atoms with Gasteiger partial charge in [-0.05, 0) is 55.5 Å². The van der Waals surface area contributed by atoms with Crippen LogP contribution in [0.4, 0.5) is 8.78 Å². The van der Waals surface area contributed by atoms with Gasteiger partial charge in [0.25, 0.3) is 0 Å². The highest BCUT2D eigenvalue weighted by atomic mass is 19.1. The number of aryl methyl sites for hydroxylation is 4. The lowest BCUT2D eigenvalue weighted by atomic mass is 10.0. The summed E-state index contributed by atoms with van der Waals surface area (Å²) in [4.78, 5) is 8.05. The van der Waals surface area contributed by atoms with Crippen LogP contribution in [0.2, 0.25) is 0 Å². The Morgan fingerprint density at radius 2 is 1.29 bits per heavy atom. The third-order valence-electron chi connectivity index (χ3n) is 3.92. The Hall–Kier alpha value is -2.62. The fourth-order valence-corrected chi connectivity index (χ4v) is 2.54. The summed E-state index contributed by atoms with van der Waals surface area (Å²) in [6.07, 6.45) is 4.58. The van der Waals surface area contributed by atoms with Gasteiger partial charge < -0.3 is 0 Å². The first-order chi connectivity index (χ1) is 11.5. The maximum Gasteiger partial charge on any atom is 0.151 e. The molecule has 0 atom stereocenters. The van der Waals surface area contributed by atoms with Gasteiger partial charge in [0.05, 0.1) is 0 Å². The van der Waals surface area contributed by atoms with Crippen LogP contribution in [0, 0.1) is 25.5 Å². The molecule has 0 spiro atoms. The van der Waals surface area contributed by atoms with Crippen molar-refractivity contribution < 1.29 is 8.78 Å². The third-order valence-corrected chi connectivity index (χ3v) is 3.92. The average molecular weight is 324 g/mol. The van der Waals surface area contributed by atoms with E-state index in [1.54, 1.807) is 13.1 Å². The quantitative estimate of drug-likeness (QED) is 0.687. The van der Waals surface area contributed by atoms with Crippen molar-refractivity contribution in [3.63, 3.8) is 0 Å². The first-order valence-electron chi connectivity index (χ1n) is 7.85. The van der Waals surface area contributed by atoms with E-state index in [9.17, 15) is 8.78 Å². The molecule has 0 aliphatic rings. The Kier molecular flexibility index (Phi) is 4.65. The molecule has 0 saturated carbocycles. The topological polar surface area (TPSA) is 25.8 Å². The molecule has 2 heterocycles. The van der Waals surface area contributed by atoms with E-state index in [2.05, 4.69) is 34.2 Å². The molecule has 0 bridgehead atoms. The van der Waals surface area contributed by atoms with Crippen molar-refractivity contribution in [1.82, 2.24) is 9.97 Å². The summed E-state index contributed by atoms with van der Waals surface area (Å²) in [5.41, 5.74) is 3.77. The summed E-state index contributed by atoms with van der Waals surface area (Å²) in [6, 6.07) is 11.0. The Morgan fingerprint density at radius 3 is 1.92 bits per heavy atom. The van der Waals surface area contributed by atoms with Crippen LogP contribution >= 0.6 is 0 Å². The van der Waals surface area contributed by atoms with E-state index >= 15 is 0 Å². The molecule has 3 rings (SSSR count). The number of hydrogen-bond donors (Lipinski definition) is 0. The van der Waals surface area contributed by atoms with Crippen molar-refractivity contribution in [2.24, 2.45) is 0 Å². The van der Waals surface area contributed by atoms with E-state index in [-0.39, 0.29) is 11.4 Å². The highest BCUT2D eigenvalue weighted by Crippen LogP contribution is 2.23. The molecule has 0 aliphatic carbocycles. The van der Waals surface area contributed by atoms with Gasteiger partial charge in [0.1, 0.15) is 11.4 Å². The van der Waals surface area contributed by atoms with Gasteiger partial charge >= 0.3 is 0 Å². The molecule has 0 amide bonds. The molecule has 24 heavy (non-hydrogen) atoms. The first kappa shape index (κ1) is 16.2. The van der Waals surface area contributed by atoms with Crippen LogP contribution in [0.15, 0.2) is 48.8 Å². The SMILES string of the molecule is Cc1ccc(CCc2cnc(-c3ncc(C)cc3F)c(F)c2)cc1. The largest absolute Gasteiger partial charge is 0.251 e. The Balaban J connectivity index is 1.78. The monoisotopic (exact) mass is 324 g/mol. The van der Waals surface area contributed by atoms with Gasteiger partial charge in [-0.2, -0.15) is 0 Å². The number of rotatable bonds is 4. The molecule has 3 aromatic rings. The van der Waals surface area contributed by atoms with Crippen LogP contribution in [-0.4, -0.2) is 9.97 Å². The minimum Gasteiger partial charge on any atom is -0.251 e. The fourth-order valence-electron chi connectivity index (χ4n) is 2.54. The first-order valence-corrected chi connectivity index (χ1v) is 7.85. The van der Waals surface area contributed by atoms with Crippen molar-refractivity contribution in [3.8, 4) is 11.4 Å². The van der Waals surface area contributed by atoms with Crippen LogP contribution in [0.3, 0.4) is 0 Å². The number of hydrogen-bond acceptors (Lipinski definition) is 2. The lowest BCUT2D eigenvalue weighted by Crippen LogP contribution is -1.99. The zero-order valence-corrected chi connectivity index (χ0v) is 13.7. The fraction of sp³-hybridized carbons (Fsp3) is 0.200. The average Bonchev–Trinajstić information content (AvgIpc) is 2.55. The smallest absolute Gasteiger partial charge is 0.151 e. The lowest BCUT2D eigenvalue weighted by molar-refractivity contribution is 0.604. The highest BCUT2D eigenvalue weighted by Gasteiger charge is 2.14. The maximum absolute atomic E-state index is 14.3. The minimum absolute atomic E-state index is 0.0495. The molecular formula is C20H18F2N2. The molecule has 4 heteroatoms. The molecular weight excluding hydrogens is 306 g/mol. The molecule has 0 unspecified atom stereocenters. The van der Waals surface area contributed by atoms with Crippen molar-refractivity contribution in [3.05, 3.63) is 82.7 Å². The van der Waals surface area contributed by atoms with Crippen LogP contribution in [0.1, 0.15) is 22.3 Å². The van der Waals surface area contributed by atoms with Gasteiger partial charge in [0.2, 0.25) is 0 Å². The molecule has 122 valence electrons. The Labute approximate surface area is 140 Å². The standard InChI is InChI=1S/C20H18F2N2/c1-13-3-5-15(6-4-13)7-8-16-10-18(22)20(24-12-16)19-17(21)9-14(2)11-23-19/h3-6,9-12H,7-8H2,1-2H3. The number of nitrogens with zero attached hydrogens (tertiary/aromatic N) is 2. The molecule has 0 fully saturated rings. The summed E-state index contributed by atoms with van der Waals surface area (Å²) < 4.78 is 28.3. The van der Waals surface area contributed by atoms with Gasteiger partial charge in [0.15, 0.2) is 11.6 Å². The zero-order chi connectivity index (χ0) is 17.1.